The molecular formula is C11H16O4. The van der Waals surface area contributed by atoms with Crippen molar-refractivity contribution in [2.45, 2.75) is 38.5 Å². The van der Waals surface area contributed by atoms with Gasteiger partial charge in [-0.15, -0.1) is 0 Å². The summed E-state index contributed by atoms with van der Waals surface area (Å²) in [6.45, 7) is 0. The lowest BCUT2D eigenvalue weighted by Crippen LogP contribution is -2.34. The van der Waals surface area contributed by atoms with Crippen molar-refractivity contribution >= 4 is 11.9 Å². The number of hydrogen-bond acceptors (Lipinski definition) is 3. The highest BCUT2D eigenvalue weighted by atomic mass is 16.5. The zero-order valence-corrected chi connectivity index (χ0v) is 8.91. The third kappa shape index (κ3) is 1.20. The highest BCUT2D eigenvalue weighted by molar-refractivity contribution is 6.04. The van der Waals surface area contributed by atoms with Gasteiger partial charge >= 0.3 is 11.9 Å². The first-order chi connectivity index (χ1) is 7.09. The van der Waals surface area contributed by atoms with Gasteiger partial charge in [-0.05, 0) is 24.7 Å². The zero-order chi connectivity index (χ0) is 11.1. The van der Waals surface area contributed by atoms with Gasteiger partial charge in [0.05, 0.1) is 7.11 Å². The fourth-order valence-electron chi connectivity index (χ4n) is 3.15. The number of methoxy groups -OCH3 is 1. The normalized spacial score (nSPS) is 32.3. The van der Waals surface area contributed by atoms with Crippen LogP contribution in [0, 0.1) is 10.8 Å². The number of carbonyl (C=O) groups excluding carboxylic acids is 1. The number of esters is 1. The van der Waals surface area contributed by atoms with Crippen LogP contribution in [0.1, 0.15) is 38.5 Å². The van der Waals surface area contributed by atoms with Gasteiger partial charge in [0.2, 0.25) is 0 Å². The van der Waals surface area contributed by atoms with Gasteiger partial charge in [0.1, 0.15) is 0 Å². The molecule has 2 fully saturated rings. The second-order valence-electron chi connectivity index (χ2n) is 4.72. The molecule has 0 bridgehead atoms. The molecule has 1 spiro atoms. The quantitative estimate of drug-likeness (QED) is 0.557. The number of rotatable bonds is 2. The molecule has 1 atom stereocenters. The summed E-state index contributed by atoms with van der Waals surface area (Å²) in [5, 5.41) is 9.22. The van der Waals surface area contributed by atoms with Gasteiger partial charge in [0, 0.05) is 0 Å². The SMILES string of the molecule is COC(=O)C1(C(=O)O)CC12CCCCC2. The Morgan fingerprint density at radius 1 is 1.20 bits per heavy atom. The second kappa shape index (κ2) is 3.22. The molecule has 1 N–H and O–H groups in total. The van der Waals surface area contributed by atoms with Crippen molar-refractivity contribution in [3.63, 3.8) is 0 Å². The van der Waals surface area contributed by atoms with Crippen molar-refractivity contribution in [1.29, 1.82) is 0 Å². The number of carbonyl (C=O) groups is 2. The van der Waals surface area contributed by atoms with Gasteiger partial charge < -0.3 is 9.84 Å². The maximum absolute atomic E-state index is 11.6. The number of carboxylic acid groups (broad SMARTS) is 1. The Morgan fingerprint density at radius 3 is 2.27 bits per heavy atom. The molecule has 0 radical (unpaired) electrons. The van der Waals surface area contributed by atoms with E-state index < -0.39 is 17.4 Å². The molecule has 15 heavy (non-hydrogen) atoms. The average molecular weight is 212 g/mol. The van der Waals surface area contributed by atoms with Crippen molar-refractivity contribution in [2.24, 2.45) is 10.8 Å². The Hall–Kier alpha value is -1.06. The summed E-state index contributed by atoms with van der Waals surface area (Å²) in [5.41, 5.74) is -1.51. The number of carboxylic acids is 1. The summed E-state index contributed by atoms with van der Waals surface area (Å²) < 4.78 is 4.65. The van der Waals surface area contributed by atoms with Gasteiger partial charge in [-0.2, -0.15) is 0 Å². The molecule has 0 amide bonds. The monoisotopic (exact) mass is 212 g/mol. The molecule has 0 heterocycles. The smallest absolute Gasteiger partial charge is 0.323 e. The molecule has 2 rings (SSSR count). The topological polar surface area (TPSA) is 63.6 Å². The lowest BCUT2D eigenvalue weighted by molar-refractivity contribution is -0.162. The van der Waals surface area contributed by atoms with E-state index in [0.29, 0.717) is 6.42 Å². The minimum Gasteiger partial charge on any atom is -0.480 e. The van der Waals surface area contributed by atoms with Gasteiger partial charge in [0.15, 0.2) is 5.41 Å². The lowest BCUT2D eigenvalue weighted by atomic mass is 9.79. The molecule has 1 unspecified atom stereocenters. The van der Waals surface area contributed by atoms with E-state index in [0.717, 1.165) is 32.1 Å². The summed E-state index contributed by atoms with van der Waals surface area (Å²) in [7, 11) is 1.27. The van der Waals surface area contributed by atoms with Crippen LogP contribution in [0.2, 0.25) is 0 Å². The molecule has 0 aromatic heterocycles. The van der Waals surface area contributed by atoms with E-state index in [-0.39, 0.29) is 5.41 Å². The van der Waals surface area contributed by atoms with Crippen LogP contribution < -0.4 is 0 Å². The van der Waals surface area contributed by atoms with Crippen LogP contribution >= 0.6 is 0 Å². The predicted octanol–water partition coefficient (Wildman–Crippen LogP) is 1.58. The molecule has 4 nitrogen and oxygen atoms in total. The number of ether oxygens (including phenoxy) is 1. The van der Waals surface area contributed by atoms with E-state index >= 15 is 0 Å². The lowest BCUT2D eigenvalue weighted by Gasteiger charge is -2.25. The highest BCUT2D eigenvalue weighted by Crippen LogP contribution is 2.71. The van der Waals surface area contributed by atoms with Gasteiger partial charge in [-0.25, -0.2) is 0 Å². The summed E-state index contributed by atoms with van der Waals surface area (Å²) in [5.74, 6) is -1.56. The molecule has 2 aliphatic carbocycles. The maximum atomic E-state index is 11.6. The van der Waals surface area contributed by atoms with Crippen LogP contribution in [-0.2, 0) is 14.3 Å². The molecule has 0 aliphatic heterocycles. The minimum absolute atomic E-state index is 0.288. The first-order valence-corrected chi connectivity index (χ1v) is 5.41. The molecular weight excluding hydrogens is 196 g/mol. The molecule has 4 heteroatoms. The first-order valence-electron chi connectivity index (χ1n) is 5.41. The molecule has 2 saturated carbocycles. The predicted molar refractivity (Wildman–Crippen MR) is 52.2 cm³/mol. The van der Waals surface area contributed by atoms with Gasteiger partial charge in [-0.1, -0.05) is 19.3 Å². The van der Waals surface area contributed by atoms with Crippen LogP contribution in [-0.4, -0.2) is 24.2 Å². The Kier molecular flexibility index (Phi) is 2.24. The summed E-state index contributed by atoms with van der Waals surface area (Å²) in [4.78, 5) is 22.9. The van der Waals surface area contributed by atoms with Crippen LogP contribution in [0.3, 0.4) is 0 Å². The van der Waals surface area contributed by atoms with Crippen LogP contribution in [0.4, 0.5) is 0 Å². The largest absolute Gasteiger partial charge is 0.480 e. The summed E-state index contributed by atoms with van der Waals surface area (Å²) in [6.07, 6.45) is 5.40. The third-order valence-corrected chi connectivity index (χ3v) is 4.09. The van der Waals surface area contributed by atoms with E-state index in [1.54, 1.807) is 0 Å². The fourth-order valence-corrected chi connectivity index (χ4v) is 3.15. The van der Waals surface area contributed by atoms with E-state index in [1.165, 1.54) is 7.11 Å². The van der Waals surface area contributed by atoms with E-state index in [1.807, 2.05) is 0 Å². The Bertz CT molecular complexity index is 304. The van der Waals surface area contributed by atoms with E-state index in [9.17, 15) is 14.7 Å². The van der Waals surface area contributed by atoms with Gasteiger partial charge in [0.25, 0.3) is 0 Å². The van der Waals surface area contributed by atoms with Crippen molar-refractivity contribution in [3.05, 3.63) is 0 Å². The molecule has 0 aromatic carbocycles. The Labute approximate surface area is 88.6 Å². The molecule has 84 valence electrons. The van der Waals surface area contributed by atoms with Gasteiger partial charge in [-0.3, -0.25) is 9.59 Å². The Morgan fingerprint density at radius 2 is 1.80 bits per heavy atom. The maximum Gasteiger partial charge on any atom is 0.323 e. The number of hydrogen-bond donors (Lipinski definition) is 1. The molecule has 0 saturated heterocycles. The van der Waals surface area contributed by atoms with E-state index in [2.05, 4.69) is 4.74 Å². The third-order valence-electron chi connectivity index (χ3n) is 4.09. The summed E-state index contributed by atoms with van der Waals surface area (Å²) in [6, 6.07) is 0. The van der Waals surface area contributed by atoms with Crippen molar-refractivity contribution in [2.75, 3.05) is 7.11 Å². The highest BCUT2D eigenvalue weighted by Gasteiger charge is 2.77. The molecule has 2 aliphatic rings. The Balaban J connectivity index is 2.25. The molecule has 0 aromatic rings. The minimum atomic E-state index is -1.22. The standard InChI is InChI=1S/C11H16O4/c1-15-9(14)11(8(12)13)7-10(11)5-3-2-4-6-10/h2-7H2,1H3,(H,12,13). The van der Waals surface area contributed by atoms with Crippen LogP contribution in [0.5, 0.6) is 0 Å². The summed E-state index contributed by atoms with van der Waals surface area (Å²) >= 11 is 0. The van der Waals surface area contributed by atoms with Crippen molar-refractivity contribution in [3.8, 4) is 0 Å². The fraction of sp³-hybridized carbons (Fsp3) is 0.818. The van der Waals surface area contributed by atoms with Crippen molar-refractivity contribution < 1.29 is 19.4 Å². The number of aliphatic carboxylic acids is 1. The first kappa shape index (κ1) is 10.5. The average Bonchev–Trinajstić information content (AvgIpc) is 2.88. The van der Waals surface area contributed by atoms with Crippen LogP contribution in [0.15, 0.2) is 0 Å². The zero-order valence-electron chi connectivity index (χ0n) is 8.91. The van der Waals surface area contributed by atoms with E-state index in [4.69, 9.17) is 0 Å². The van der Waals surface area contributed by atoms with Crippen molar-refractivity contribution in [1.82, 2.24) is 0 Å². The second-order valence-corrected chi connectivity index (χ2v) is 4.72. The van der Waals surface area contributed by atoms with Crippen LogP contribution in [0.25, 0.3) is 0 Å².